The van der Waals surface area contributed by atoms with Crippen molar-refractivity contribution in [3.05, 3.63) is 204 Å². The van der Waals surface area contributed by atoms with E-state index in [0.717, 1.165) is 44.9 Å². The van der Waals surface area contributed by atoms with Crippen LogP contribution in [0.2, 0.25) is 0 Å². The summed E-state index contributed by atoms with van der Waals surface area (Å²) in [6.07, 6.45) is 1.87. The number of non-ortho nitro benzene ring substituents is 1. The molecule has 54 heavy (non-hydrogen) atoms. The van der Waals surface area contributed by atoms with Crippen LogP contribution in [0.1, 0.15) is 29.7 Å². The van der Waals surface area contributed by atoms with Gasteiger partial charge in [0.1, 0.15) is 0 Å². The Morgan fingerprint density at radius 1 is 0.815 bits per heavy atom. The fourth-order valence-electron chi connectivity index (χ4n) is 6.88. The van der Waals surface area contributed by atoms with Crippen LogP contribution in [0.15, 0.2) is 167 Å². The Morgan fingerprint density at radius 2 is 1.39 bits per heavy atom. The molecule has 0 saturated heterocycles. The second-order valence-electron chi connectivity index (χ2n) is 12.5. The molecule has 0 saturated carbocycles. The van der Waals surface area contributed by atoms with Crippen LogP contribution in [0.25, 0.3) is 40.0 Å². The highest BCUT2D eigenvalue weighted by Gasteiger charge is 2.35. The van der Waals surface area contributed by atoms with Crippen molar-refractivity contribution in [1.29, 1.82) is 0 Å². The van der Waals surface area contributed by atoms with Crippen molar-refractivity contribution in [2.45, 2.75) is 13.0 Å². The second kappa shape index (κ2) is 14.6. The third-order valence-corrected chi connectivity index (χ3v) is 10.2. The van der Waals surface area contributed by atoms with E-state index in [1.165, 1.54) is 23.5 Å². The summed E-state index contributed by atoms with van der Waals surface area (Å²) < 4.78 is 9.69. The molecule has 0 N–H and O–H groups in total. The lowest BCUT2D eigenvalue weighted by atomic mass is 9.93. The van der Waals surface area contributed by atoms with Crippen molar-refractivity contribution in [2.24, 2.45) is 4.99 Å². The number of ether oxygens (including phenoxy) is 1. The van der Waals surface area contributed by atoms with Gasteiger partial charge in [-0.2, -0.15) is 0 Å². The molecular formula is C44H32N4O5S. The van der Waals surface area contributed by atoms with Crippen LogP contribution in [0.5, 0.6) is 0 Å². The molecule has 9 nitrogen and oxygen atoms in total. The molecular weight excluding hydrogens is 697 g/mol. The SMILES string of the molecule is CCOC(=O)C1=C(c2ccccc2)N=c2s/c(=C\c3cc(-c4ccccc4)n(-c4ccc([N+](=O)[O-])cc4)c3-c3ccccc3)c(=O)n2[C@@H]1c1ccccc1. The zero-order chi connectivity index (χ0) is 37.2. The molecule has 7 aromatic rings. The lowest BCUT2D eigenvalue weighted by Crippen LogP contribution is -2.40. The molecule has 1 aliphatic rings. The van der Waals surface area contributed by atoms with Crippen LogP contribution in [0, 0.1) is 10.1 Å². The molecule has 1 aliphatic heterocycles. The zero-order valence-corrected chi connectivity index (χ0v) is 29.9. The fraction of sp³-hybridized carbons (Fsp3) is 0.0682. The van der Waals surface area contributed by atoms with E-state index >= 15 is 0 Å². The average Bonchev–Trinajstić information content (AvgIpc) is 3.75. The zero-order valence-electron chi connectivity index (χ0n) is 29.0. The number of benzene rings is 5. The van der Waals surface area contributed by atoms with E-state index in [1.807, 2.05) is 133 Å². The summed E-state index contributed by atoms with van der Waals surface area (Å²) in [7, 11) is 0. The smallest absolute Gasteiger partial charge is 0.338 e. The van der Waals surface area contributed by atoms with Crippen LogP contribution < -0.4 is 14.9 Å². The van der Waals surface area contributed by atoms with Crippen molar-refractivity contribution in [3.63, 3.8) is 0 Å². The highest BCUT2D eigenvalue weighted by Crippen LogP contribution is 2.38. The summed E-state index contributed by atoms with van der Waals surface area (Å²) in [5, 5.41) is 11.6. The molecule has 3 heterocycles. The van der Waals surface area contributed by atoms with Crippen LogP contribution in [0.4, 0.5) is 5.69 Å². The van der Waals surface area contributed by atoms with Crippen molar-refractivity contribution < 1.29 is 14.5 Å². The van der Waals surface area contributed by atoms with E-state index in [9.17, 15) is 19.7 Å². The lowest BCUT2D eigenvalue weighted by molar-refractivity contribution is -0.384. The van der Waals surface area contributed by atoms with E-state index in [1.54, 1.807) is 23.6 Å². The summed E-state index contributed by atoms with van der Waals surface area (Å²) >= 11 is 1.25. The highest BCUT2D eigenvalue weighted by atomic mass is 32.1. The Morgan fingerprint density at radius 3 is 1.98 bits per heavy atom. The third-order valence-electron chi connectivity index (χ3n) is 9.24. The number of thiazole rings is 1. The molecule has 1 atom stereocenters. The summed E-state index contributed by atoms with van der Waals surface area (Å²) in [5.74, 6) is -0.540. The largest absolute Gasteiger partial charge is 0.463 e. The van der Waals surface area contributed by atoms with Gasteiger partial charge in [0.15, 0.2) is 4.80 Å². The number of rotatable bonds is 9. The summed E-state index contributed by atoms with van der Waals surface area (Å²) in [6, 6.07) is 46.3. The number of carbonyl (C=O) groups excluding carboxylic acids is 1. The molecule has 0 spiro atoms. The fourth-order valence-corrected chi connectivity index (χ4v) is 7.87. The third kappa shape index (κ3) is 6.29. The van der Waals surface area contributed by atoms with Crippen LogP contribution in [0.3, 0.4) is 0 Å². The quantitative estimate of drug-likeness (QED) is 0.0852. The molecule has 2 aromatic heterocycles. The topological polar surface area (TPSA) is 109 Å². The minimum atomic E-state index is -0.794. The molecule has 8 rings (SSSR count). The van der Waals surface area contributed by atoms with Gasteiger partial charge in [0.25, 0.3) is 11.2 Å². The van der Waals surface area contributed by atoms with Gasteiger partial charge < -0.3 is 9.30 Å². The predicted octanol–water partition coefficient (Wildman–Crippen LogP) is 7.97. The van der Waals surface area contributed by atoms with Crippen molar-refractivity contribution in [3.8, 4) is 28.2 Å². The number of hydrogen-bond donors (Lipinski definition) is 0. The normalized spacial score (nSPS) is 14.0. The van der Waals surface area contributed by atoms with Gasteiger partial charge >= 0.3 is 5.97 Å². The standard InChI is InChI=1S/C44H32N4O5S/c1-2-53-43(50)38-39(30-17-9-4-10-18-30)45-44-47(41(38)32-21-13-6-14-22-32)42(49)37(54-44)28-33-27-36(29-15-7-3-8-16-29)46(40(33)31-19-11-5-12-20-31)34-23-25-35(26-24-34)48(51)52/h3-28,41H,2H2,1H3/b37-28-/t41-/m1/s1. The minimum Gasteiger partial charge on any atom is -0.463 e. The number of nitrogens with zero attached hydrogens (tertiary/aromatic N) is 4. The Bertz CT molecular complexity index is 2720. The number of esters is 1. The number of fused-ring (bicyclic) bond motifs is 1. The Labute approximate surface area is 313 Å². The first kappa shape index (κ1) is 34.2. The lowest BCUT2D eigenvalue weighted by Gasteiger charge is -2.25. The van der Waals surface area contributed by atoms with Gasteiger partial charge in [-0.25, -0.2) is 9.79 Å². The van der Waals surface area contributed by atoms with Gasteiger partial charge in [0.05, 0.1) is 44.8 Å². The first-order chi connectivity index (χ1) is 26.4. The highest BCUT2D eigenvalue weighted by molar-refractivity contribution is 7.07. The Hall–Kier alpha value is -6.91. The van der Waals surface area contributed by atoms with E-state index in [4.69, 9.17) is 9.73 Å². The number of aromatic nitrogens is 2. The number of carbonyl (C=O) groups is 1. The van der Waals surface area contributed by atoms with Gasteiger partial charge in [-0.05, 0) is 47.9 Å². The maximum absolute atomic E-state index is 14.8. The van der Waals surface area contributed by atoms with E-state index in [2.05, 4.69) is 4.57 Å². The van der Waals surface area contributed by atoms with Crippen LogP contribution >= 0.6 is 11.3 Å². The van der Waals surface area contributed by atoms with Gasteiger partial charge in [-0.1, -0.05) is 133 Å². The summed E-state index contributed by atoms with van der Waals surface area (Å²) in [6.45, 7) is 1.92. The van der Waals surface area contributed by atoms with Gasteiger partial charge in [-0.3, -0.25) is 19.5 Å². The van der Waals surface area contributed by atoms with Crippen molar-refractivity contribution in [2.75, 3.05) is 6.61 Å². The Balaban J connectivity index is 1.42. The van der Waals surface area contributed by atoms with Crippen molar-refractivity contribution in [1.82, 2.24) is 9.13 Å². The van der Waals surface area contributed by atoms with Gasteiger partial charge in [0, 0.05) is 28.9 Å². The molecule has 264 valence electrons. The molecule has 0 fully saturated rings. The van der Waals surface area contributed by atoms with Crippen LogP contribution in [-0.2, 0) is 9.53 Å². The number of hydrogen-bond acceptors (Lipinski definition) is 7. The predicted molar refractivity (Wildman–Crippen MR) is 211 cm³/mol. The maximum atomic E-state index is 14.8. The first-order valence-electron chi connectivity index (χ1n) is 17.4. The molecule has 0 radical (unpaired) electrons. The Kier molecular flexibility index (Phi) is 9.25. The summed E-state index contributed by atoms with van der Waals surface area (Å²) in [4.78, 5) is 45.3. The number of nitro benzene ring substituents is 1. The first-order valence-corrected chi connectivity index (χ1v) is 18.2. The van der Waals surface area contributed by atoms with E-state index in [0.29, 0.717) is 15.0 Å². The van der Waals surface area contributed by atoms with Crippen molar-refractivity contribution >= 4 is 34.8 Å². The average molecular weight is 729 g/mol. The van der Waals surface area contributed by atoms with Crippen LogP contribution in [-0.4, -0.2) is 26.6 Å². The molecule has 0 unspecified atom stereocenters. The molecule has 5 aromatic carbocycles. The van der Waals surface area contributed by atoms with E-state index < -0.39 is 16.9 Å². The summed E-state index contributed by atoms with van der Waals surface area (Å²) in [5.41, 5.74) is 6.82. The molecule has 0 bridgehead atoms. The van der Waals surface area contributed by atoms with Gasteiger partial charge in [0.2, 0.25) is 0 Å². The van der Waals surface area contributed by atoms with Gasteiger partial charge in [-0.15, -0.1) is 0 Å². The molecule has 0 aliphatic carbocycles. The number of nitro groups is 1. The second-order valence-corrected chi connectivity index (χ2v) is 13.5. The minimum absolute atomic E-state index is 0.0141. The van der Waals surface area contributed by atoms with E-state index in [-0.39, 0.29) is 23.4 Å². The molecule has 10 heteroatoms. The monoisotopic (exact) mass is 728 g/mol. The molecule has 0 amide bonds. The maximum Gasteiger partial charge on any atom is 0.338 e.